The van der Waals surface area contributed by atoms with Crippen molar-refractivity contribution in [3.05, 3.63) is 82.2 Å². The van der Waals surface area contributed by atoms with Crippen LogP contribution in [0.15, 0.2) is 60.7 Å². The third-order valence-electron chi connectivity index (χ3n) is 6.10. The molecule has 5 rings (SSSR count). The molecule has 2 aromatic carbocycles. The molecule has 3 aromatic rings. The summed E-state index contributed by atoms with van der Waals surface area (Å²) in [6.07, 6.45) is 3.63. The summed E-state index contributed by atoms with van der Waals surface area (Å²) in [4.78, 5) is 29.5. The Kier molecular flexibility index (Phi) is 5.13. The lowest BCUT2D eigenvalue weighted by Gasteiger charge is -2.32. The first-order chi connectivity index (χ1) is 14.7. The molecule has 5 heteroatoms. The Balaban J connectivity index is 1.23. The Morgan fingerprint density at radius 3 is 2.40 bits per heavy atom. The van der Waals surface area contributed by atoms with Gasteiger partial charge in [0.2, 0.25) is 0 Å². The number of rotatable bonds is 3. The molecular formula is C25H24N2O2S. The van der Waals surface area contributed by atoms with Gasteiger partial charge in [-0.2, -0.15) is 0 Å². The van der Waals surface area contributed by atoms with Crippen LogP contribution >= 0.6 is 11.3 Å². The number of aryl methyl sites for hydroxylation is 2. The summed E-state index contributed by atoms with van der Waals surface area (Å²) in [7, 11) is 0. The topological polar surface area (TPSA) is 49.4 Å². The molecule has 2 amide bonds. The zero-order valence-corrected chi connectivity index (χ0v) is 17.6. The lowest BCUT2D eigenvalue weighted by molar-refractivity contribution is 0.0702. The van der Waals surface area contributed by atoms with E-state index in [1.807, 2.05) is 35.2 Å². The second-order valence-electron chi connectivity index (χ2n) is 8.03. The second-order valence-corrected chi connectivity index (χ2v) is 9.08. The summed E-state index contributed by atoms with van der Waals surface area (Å²) >= 11 is 1.63. The van der Waals surface area contributed by atoms with Crippen molar-refractivity contribution in [2.45, 2.75) is 31.7 Å². The number of hydrogen-bond acceptors (Lipinski definition) is 3. The molecule has 1 aromatic heterocycles. The fourth-order valence-corrected chi connectivity index (χ4v) is 5.66. The van der Waals surface area contributed by atoms with Gasteiger partial charge in [0.05, 0.1) is 4.88 Å². The van der Waals surface area contributed by atoms with Crippen LogP contribution in [0.25, 0.3) is 10.4 Å². The highest BCUT2D eigenvalue weighted by molar-refractivity contribution is 7.17. The predicted octanol–water partition coefficient (Wildman–Crippen LogP) is 4.55. The van der Waals surface area contributed by atoms with Crippen LogP contribution in [0.3, 0.4) is 0 Å². The number of piperidine rings is 1. The number of nitrogens with one attached hydrogen (secondary N) is 1. The van der Waals surface area contributed by atoms with Crippen molar-refractivity contribution in [2.24, 2.45) is 0 Å². The van der Waals surface area contributed by atoms with E-state index in [2.05, 4.69) is 35.6 Å². The van der Waals surface area contributed by atoms with Crippen LogP contribution < -0.4 is 5.32 Å². The van der Waals surface area contributed by atoms with E-state index in [9.17, 15) is 9.59 Å². The molecular weight excluding hydrogens is 392 g/mol. The number of carbonyl (C=O) groups is 2. The molecule has 1 fully saturated rings. The molecule has 0 saturated carbocycles. The van der Waals surface area contributed by atoms with Crippen molar-refractivity contribution in [3.63, 3.8) is 0 Å². The quantitative estimate of drug-likeness (QED) is 0.681. The number of likely N-dealkylation sites (tertiary alicyclic amines) is 1. The Morgan fingerprint density at radius 2 is 1.60 bits per heavy atom. The van der Waals surface area contributed by atoms with Crippen molar-refractivity contribution < 1.29 is 9.59 Å². The molecule has 152 valence electrons. The Morgan fingerprint density at radius 1 is 0.900 bits per heavy atom. The van der Waals surface area contributed by atoms with Gasteiger partial charge in [0.25, 0.3) is 11.8 Å². The predicted molar refractivity (Wildman–Crippen MR) is 120 cm³/mol. The van der Waals surface area contributed by atoms with E-state index in [-0.39, 0.29) is 17.9 Å². The maximum atomic E-state index is 13.1. The van der Waals surface area contributed by atoms with E-state index >= 15 is 0 Å². The smallest absolute Gasteiger partial charge is 0.263 e. The monoisotopic (exact) mass is 416 g/mol. The molecule has 0 spiro atoms. The Bertz CT molecular complexity index is 1080. The Hall–Kier alpha value is -2.92. The molecule has 2 heterocycles. The van der Waals surface area contributed by atoms with Crippen LogP contribution in [0.2, 0.25) is 0 Å². The van der Waals surface area contributed by atoms with Crippen LogP contribution in [0.5, 0.6) is 0 Å². The summed E-state index contributed by atoms with van der Waals surface area (Å²) in [6, 6.07) is 20.0. The van der Waals surface area contributed by atoms with Gasteiger partial charge in [-0.15, -0.1) is 11.3 Å². The molecule has 0 bridgehead atoms. The van der Waals surface area contributed by atoms with Crippen molar-refractivity contribution in [3.8, 4) is 10.4 Å². The van der Waals surface area contributed by atoms with E-state index < -0.39 is 0 Å². The van der Waals surface area contributed by atoms with Crippen LogP contribution in [0.4, 0.5) is 0 Å². The third kappa shape index (κ3) is 3.65. The average Bonchev–Trinajstić information content (AvgIpc) is 3.25. The minimum Gasteiger partial charge on any atom is -0.349 e. The van der Waals surface area contributed by atoms with Crippen LogP contribution in [0.1, 0.15) is 44.0 Å². The van der Waals surface area contributed by atoms with Gasteiger partial charge in [0.15, 0.2) is 0 Å². The van der Waals surface area contributed by atoms with E-state index in [1.54, 1.807) is 11.3 Å². The molecule has 4 nitrogen and oxygen atoms in total. The number of fused-ring (bicyclic) bond motifs is 3. The van der Waals surface area contributed by atoms with E-state index in [0.29, 0.717) is 18.7 Å². The number of amides is 2. The molecule has 2 aliphatic rings. The fraction of sp³-hybridized carbons (Fsp3) is 0.280. The number of benzene rings is 2. The van der Waals surface area contributed by atoms with Crippen molar-refractivity contribution in [1.82, 2.24) is 10.2 Å². The van der Waals surface area contributed by atoms with Crippen molar-refractivity contribution in [1.29, 1.82) is 0 Å². The van der Waals surface area contributed by atoms with Crippen LogP contribution in [-0.4, -0.2) is 35.8 Å². The number of nitrogens with zero attached hydrogens (tertiary/aromatic N) is 1. The van der Waals surface area contributed by atoms with Crippen molar-refractivity contribution in [2.75, 3.05) is 13.1 Å². The van der Waals surface area contributed by atoms with E-state index in [0.717, 1.165) is 30.6 Å². The van der Waals surface area contributed by atoms with Gasteiger partial charge in [0, 0.05) is 29.6 Å². The lowest BCUT2D eigenvalue weighted by atomic mass is 9.91. The molecule has 0 radical (unpaired) electrons. The molecule has 30 heavy (non-hydrogen) atoms. The third-order valence-corrected chi connectivity index (χ3v) is 7.30. The molecule has 0 atom stereocenters. The van der Waals surface area contributed by atoms with E-state index in [4.69, 9.17) is 0 Å². The minimum atomic E-state index is -0.0371. The number of hydrogen-bond donors (Lipinski definition) is 1. The number of carbonyl (C=O) groups excluding carboxylic acids is 2. The minimum absolute atomic E-state index is 0.0371. The molecule has 1 saturated heterocycles. The maximum Gasteiger partial charge on any atom is 0.263 e. The van der Waals surface area contributed by atoms with Crippen LogP contribution in [0, 0.1) is 0 Å². The van der Waals surface area contributed by atoms with Crippen LogP contribution in [-0.2, 0) is 12.8 Å². The average molecular weight is 417 g/mol. The van der Waals surface area contributed by atoms with Gasteiger partial charge in [-0.05, 0) is 60.6 Å². The van der Waals surface area contributed by atoms with Gasteiger partial charge < -0.3 is 10.2 Å². The highest BCUT2D eigenvalue weighted by Gasteiger charge is 2.28. The first-order valence-corrected chi connectivity index (χ1v) is 11.4. The summed E-state index contributed by atoms with van der Waals surface area (Å²) in [5.41, 5.74) is 4.64. The largest absolute Gasteiger partial charge is 0.349 e. The zero-order valence-electron chi connectivity index (χ0n) is 16.8. The second kappa shape index (κ2) is 8.07. The number of thiophene rings is 1. The van der Waals surface area contributed by atoms with Crippen molar-refractivity contribution >= 4 is 23.2 Å². The highest BCUT2D eigenvalue weighted by Crippen LogP contribution is 2.40. The summed E-state index contributed by atoms with van der Waals surface area (Å²) in [5, 5.41) is 3.11. The first-order valence-electron chi connectivity index (χ1n) is 10.6. The summed E-state index contributed by atoms with van der Waals surface area (Å²) in [5.74, 6) is 0.0877. The highest BCUT2D eigenvalue weighted by atomic mass is 32.1. The maximum absolute atomic E-state index is 13.1. The fourth-order valence-electron chi connectivity index (χ4n) is 4.42. The molecule has 1 N–H and O–H groups in total. The lowest BCUT2D eigenvalue weighted by Crippen LogP contribution is -2.46. The molecule has 1 aliphatic carbocycles. The molecule has 1 aliphatic heterocycles. The summed E-state index contributed by atoms with van der Waals surface area (Å²) in [6.45, 7) is 1.36. The Labute approximate surface area is 180 Å². The van der Waals surface area contributed by atoms with E-state index in [1.165, 1.54) is 21.6 Å². The van der Waals surface area contributed by atoms with Gasteiger partial charge >= 0.3 is 0 Å². The van der Waals surface area contributed by atoms with Gasteiger partial charge in [-0.1, -0.05) is 42.5 Å². The van der Waals surface area contributed by atoms with Gasteiger partial charge in [0.1, 0.15) is 0 Å². The standard InChI is InChI=1S/C25H24N2O2S/c28-24(18-7-2-1-3-8-18)26-20-12-14-27(15-13-20)25(29)22-16-19-11-10-17-6-4-5-9-21(17)23(19)30-22/h1-9,16,20H,10-15H2,(H,26,28). The first kappa shape index (κ1) is 19.1. The molecule has 0 unspecified atom stereocenters. The van der Waals surface area contributed by atoms with Gasteiger partial charge in [-0.25, -0.2) is 0 Å². The normalized spacial score (nSPS) is 15.9. The summed E-state index contributed by atoms with van der Waals surface area (Å²) < 4.78 is 0. The van der Waals surface area contributed by atoms with Gasteiger partial charge in [-0.3, -0.25) is 9.59 Å². The SMILES string of the molecule is O=C(NC1CCN(C(=O)c2cc3c(s2)-c2ccccc2CC3)CC1)c1ccccc1. The zero-order chi connectivity index (χ0) is 20.5.